The molecule has 0 aliphatic rings. The summed E-state index contributed by atoms with van der Waals surface area (Å²) in [5, 5.41) is 7.32. The average molecular weight is 334 g/mol. The van der Waals surface area contributed by atoms with Crippen LogP contribution in [-0.2, 0) is 0 Å². The van der Waals surface area contributed by atoms with Crippen molar-refractivity contribution in [3.8, 4) is 5.69 Å². The number of H-pyrrole nitrogens is 1. The summed E-state index contributed by atoms with van der Waals surface area (Å²) in [5.74, 6) is 0. The van der Waals surface area contributed by atoms with Gasteiger partial charge < -0.3 is 0 Å². The number of nitrogens with one attached hydrogen (secondary N) is 2. The number of hydrogen-bond donors (Lipinski definition) is 2. The van der Waals surface area contributed by atoms with Gasteiger partial charge in [0.2, 0.25) is 0 Å². The highest BCUT2D eigenvalue weighted by Gasteiger charge is 2.11. The molecular formula is C20H22N4O. The van der Waals surface area contributed by atoms with Crippen molar-refractivity contribution < 1.29 is 0 Å². The van der Waals surface area contributed by atoms with Gasteiger partial charge in [-0.25, -0.2) is 4.68 Å². The topological polar surface area (TPSA) is 62.2 Å². The van der Waals surface area contributed by atoms with Crippen molar-refractivity contribution in [2.45, 2.75) is 27.7 Å². The maximum absolute atomic E-state index is 12.7. The second-order valence-electron chi connectivity index (χ2n) is 6.30. The number of aromatic nitrogens is 2. The summed E-state index contributed by atoms with van der Waals surface area (Å²) in [4.78, 5) is 12.7. The number of aromatic amines is 1. The van der Waals surface area contributed by atoms with E-state index in [9.17, 15) is 4.79 Å². The molecule has 0 fully saturated rings. The monoisotopic (exact) mass is 334 g/mol. The highest BCUT2D eigenvalue weighted by molar-refractivity contribution is 5.81. The van der Waals surface area contributed by atoms with Gasteiger partial charge in [-0.15, -0.1) is 0 Å². The lowest BCUT2D eigenvalue weighted by Gasteiger charge is -2.05. The molecule has 5 nitrogen and oxygen atoms in total. The van der Waals surface area contributed by atoms with Gasteiger partial charge >= 0.3 is 0 Å². The Morgan fingerprint density at radius 1 is 1.04 bits per heavy atom. The third-order valence-electron chi connectivity index (χ3n) is 4.27. The molecule has 5 heteroatoms. The fraction of sp³-hybridized carbons (Fsp3) is 0.200. The second kappa shape index (κ2) is 6.81. The van der Waals surface area contributed by atoms with Gasteiger partial charge in [0.25, 0.3) is 5.56 Å². The molecule has 0 bridgehead atoms. The Bertz CT molecular complexity index is 995. The van der Waals surface area contributed by atoms with Gasteiger partial charge in [-0.05, 0) is 68.7 Å². The van der Waals surface area contributed by atoms with E-state index in [1.165, 1.54) is 5.56 Å². The summed E-state index contributed by atoms with van der Waals surface area (Å²) in [5.41, 5.74) is 9.36. The lowest BCUT2D eigenvalue weighted by molar-refractivity contribution is 0.833. The quantitative estimate of drug-likeness (QED) is 0.562. The normalized spacial score (nSPS) is 11.2. The predicted molar refractivity (Wildman–Crippen MR) is 103 cm³/mol. The summed E-state index contributed by atoms with van der Waals surface area (Å²) in [6.07, 6.45) is 1.56. The molecule has 0 amide bonds. The molecule has 1 heterocycles. The molecule has 3 rings (SSSR count). The molecule has 0 atom stereocenters. The van der Waals surface area contributed by atoms with Gasteiger partial charge in [0.1, 0.15) is 0 Å². The van der Waals surface area contributed by atoms with Gasteiger partial charge in [0.15, 0.2) is 0 Å². The van der Waals surface area contributed by atoms with Crippen molar-refractivity contribution in [2.75, 3.05) is 5.43 Å². The van der Waals surface area contributed by atoms with E-state index in [4.69, 9.17) is 0 Å². The number of nitrogens with zero attached hydrogens (tertiary/aromatic N) is 2. The van der Waals surface area contributed by atoms with Crippen LogP contribution in [0.15, 0.2) is 52.4 Å². The van der Waals surface area contributed by atoms with Gasteiger partial charge in [0, 0.05) is 5.69 Å². The minimum atomic E-state index is -0.115. The van der Waals surface area contributed by atoms with Crippen LogP contribution in [0.2, 0.25) is 0 Å². The number of anilines is 1. The number of benzene rings is 2. The minimum absolute atomic E-state index is 0.115. The Kier molecular flexibility index (Phi) is 4.57. The molecule has 25 heavy (non-hydrogen) atoms. The largest absolute Gasteiger partial charge is 0.295 e. The Morgan fingerprint density at radius 3 is 2.56 bits per heavy atom. The highest BCUT2D eigenvalue weighted by Crippen LogP contribution is 2.13. The zero-order valence-electron chi connectivity index (χ0n) is 14.9. The van der Waals surface area contributed by atoms with Crippen molar-refractivity contribution in [1.29, 1.82) is 0 Å². The molecule has 0 saturated heterocycles. The van der Waals surface area contributed by atoms with Crippen molar-refractivity contribution in [3.63, 3.8) is 0 Å². The molecule has 0 saturated carbocycles. The number of aryl methyl sites for hydroxylation is 4. The van der Waals surface area contributed by atoms with Crippen molar-refractivity contribution >= 4 is 11.9 Å². The average Bonchev–Trinajstić information content (AvgIpc) is 2.85. The lowest BCUT2D eigenvalue weighted by atomic mass is 10.1. The molecule has 2 N–H and O–H groups in total. The standard InChI is InChI=1S/C20H22N4O/c1-13-6-5-7-17(10-13)22-21-12-19-16(4)23-24(20(19)25)18-9-8-14(2)15(3)11-18/h5-12,22-23H,1-4H3. The second-order valence-corrected chi connectivity index (χ2v) is 6.30. The van der Waals surface area contributed by atoms with E-state index in [1.54, 1.807) is 10.9 Å². The highest BCUT2D eigenvalue weighted by atomic mass is 16.1. The van der Waals surface area contributed by atoms with E-state index in [1.807, 2.05) is 63.2 Å². The Balaban J connectivity index is 1.88. The summed E-state index contributed by atoms with van der Waals surface area (Å²) < 4.78 is 1.55. The third-order valence-corrected chi connectivity index (χ3v) is 4.27. The first-order chi connectivity index (χ1) is 12.0. The summed E-state index contributed by atoms with van der Waals surface area (Å²) >= 11 is 0. The predicted octanol–water partition coefficient (Wildman–Crippen LogP) is 3.85. The number of hydrazone groups is 1. The van der Waals surface area contributed by atoms with Gasteiger partial charge in [-0.1, -0.05) is 18.2 Å². The van der Waals surface area contributed by atoms with Gasteiger partial charge in [-0.3, -0.25) is 15.3 Å². The lowest BCUT2D eigenvalue weighted by Crippen LogP contribution is -2.17. The maximum atomic E-state index is 12.7. The first-order valence-electron chi connectivity index (χ1n) is 8.20. The van der Waals surface area contributed by atoms with Crippen LogP contribution in [0.1, 0.15) is 27.9 Å². The fourth-order valence-corrected chi connectivity index (χ4v) is 2.64. The van der Waals surface area contributed by atoms with Gasteiger partial charge in [0.05, 0.1) is 23.2 Å². The smallest absolute Gasteiger partial charge is 0.280 e. The Morgan fingerprint density at radius 2 is 1.84 bits per heavy atom. The van der Waals surface area contributed by atoms with Crippen molar-refractivity contribution in [3.05, 3.63) is 80.8 Å². The van der Waals surface area contributed by atoms with E-state index < -0.39 is 0 Å². The van der Waals surface area contributed by atoms with Crippen molar-refractivity contribution in [1.82, 2.24) is 9.78 Å². The summed E-state index contributed by atoms with van der Waals surface area (Å²) in [7, 11) is 0. The van der Waals surface area contributed by atoms with E-state index >= 15 is 0 Å². The molecule has 0 radical (unpaired) electrons. The SMILES string of the molecule is Cc1cccc(NN=Cc2c(C)[nH]n(-c3ccc(C)c(C)c3)c2=O)c1. The Hall–Kier alpha value is -3.08. The van der Waals surface area contributed by atoms with Crippen LogP contribution < -0.4 is 11.0 Å². The first-order valence-corrected chi connectivity index (χ1v) is 8.20. The molecule has 1 aromatic heterocycles. The molecular weight excluding hydrogens is 312 g/mol. The van der Waals surface area contributed by atoms with Crippen LogP contribution in [-0.4, -0.2) is 16.0 Å². The van der Waals surface area contributed by atoms with Gasteiger partial charge in [-0.2, -0.15) is 5.10 Å². The number of hydrogen-bond acceptors (Lipinski definition) is 3. The summed E-state index contributed by atoms with van der Waals surface area (Å²) in [6.45, 7) is 7.98. The van der Waals surface area contributed by atoms with E-state index in [-0.39, 0.29) is 5.56 Å². The van der Waals surface area contributed by atoms with E-state index in [0.717, 1.165) is 28.2 Å². The van der Waals surface area contributed by atoms with Crippen LogP contribution in [0.25, 0.3) is 5.69 Å². The molecule has 0 spiro atoms. The maximum Gasteiger partial charge on any atom is 0.280 e. The fourth-order valence-electron chi connectivity index (χ4n) is 2.64. The van der Waals surface area contributed by atoms with E-state index in [0.29, 0.717) is 5.56 Å². The molecule has 128 valence electrons. The van der Waals surface area contributed by atoms with Crippen LogP contribution in [0.4, 0.5) is 5.69 Å². The molecule has 0 unspecified atom stereocenters. The van der Waals surface area contributed by atoms with Crippen LogP contribution in [0.3, 0.4) is 0 Å². The molecule has 0 aliphatic heterocycles. The zero-order chi connectivity index (χ0) is 18.0. The van der Waals surface area contributed by atoms with E-state index in [2.05, 4.69) is 22.5 Å². The minimum Gasteiger partial charge on any atom is -0.295 e. The first kappa shape index (κ1) is 16.8. The summed E-state index contributed by atoms with van der Waals surface area (Å²) in [6, 6.07) is 13.9. The molecule has 0 aliphatic carbocycles. The van der Waals surface area contributed by atoms with Crippen LogP contribution in [0.5, 0.6) is 0 Å². The third kappa shape index (κ3) is 3.55. The van der Waals surface area contributed by atoms with Crippen LogP contribution >= 0.6 is 0 Å². The molecule has 2 aromatic carbocycles. The van der Waals surface area contributed by atoms with Crippen molar-refractivity contribution in [2.24, 2.45) is 5.10 Å². The Labute approximate surface area is 147 Å². The zero-order valence-corrected chi connectivity index (χ0v) is 14.9. The number of rotatable bonds is 4. The van der Waals surface area contributed by atoms with Crippen LogP contribution in [0, 0.1) is 27.7 Å². The molecule has 3 aromatic rings.